The summed E-state index contributed by atoms with van der Waals surface area (Å²) in [5.41, 5.74) is 3.24. The molecule has 2 rings (SSSR count). The number of hydrogen-bond acceptors (Lipinski definition) is 4. The number of rotatable bonds is 7. The lowest BCUT2D eigenvalue weighted by molar-refractivity contribution is 0.0989. The number of carbonyl (C=O) groups excluding carboxylic acids is 1. The van der Waals surface area contributed by atoms with Crippen molar-refractivity contribution in [3.8, 4) is 0 Å². The minimum atomic E-state index is 0.158. The highest BCUT2D eigenvalue weighted by molar-refractivity contribution is 5.98. The number of fused-ring (bicyclic) bond motifs is 1. The van der Waals surface area contributed by atoms with Crippen LogP contribution in [0, 0.1) is 0 Å². The number of ether oxygens (including phenoxy) is 1. The van der Waals surface area contributed by atoms with E-state index in [-0.39, 0.29) is 5.78 Å². The highest BCUT2D eigenvalue weighted by Crippen LogP contribution is 2.22. The normalized spacial score (nSPS) is 13.7. The fourth-order valence-electron chi connectivity index (χ4n) is 2.29. The molecule has 0 radical (unpaired) electrons. The number of anilines is 1. The molecule has 0 fully saturated rings. The predicted molar refractivity (Wildman–Crippen MR) is 76.9 cm³/mol. The molecule has 1 aliphatic rings. The monoisotopic (exact) mass is 262 g/mol. The molecule has 0 spiro atoms. The van der Waals surface area contributed by atoms with Crippen LogP contribution >= 0.6 is 0 Å². The standard InChI is InChI=1S/C15H22N2O2/c1-19-9-3-7-16-11-15(18)13-5-6-14-12(10-13)4-2-8-17-14/h5-6,10,16-17H,2-4,7-9,11H2,1H3. The molecule has 19 heavy (non-hydrogen) atoms. The van der Waals surface area contributed by atoms with Crippen LogP contribution in [0.25, 0.3) is 0 Å². The maximum atomic E-state index is 12.0. The van der Waals surface area contributed by atoms with Crippen molar-refractivity contribution in [2.24, 2.45) is 0 Å². The highest BCUT2D eigenvalue weighted by atomic mass is 16.5. The van der Waals surface area contributed by atoms with E-state index in [1.165, 1.54) is 11.3 Å². The lowest BCUT2D eigenvalue weighted by atomic mass is 9.99. The fourth-order valence-corrected chi connectivity index (χ4v) is 2.29. The molecule has 0 unspecified atom stereocenters. The first-order valence-corrected chi connectivity index (χ1v) is 6.91. The average molecular weight is 262 g/mol. The lowest BCUT2D eigenvalue weighted by Gasteiger charge is -2.18. The van der Waals surface area contributed by atoms with Gasteiger partial charge in [-0.1, -0.05) is 0 Å². The van der Waals surface area contributed by atoms with Gasteiger partial charge in [0.2, 0.25) is 0 Å². The van der Waals surface area contributed by atoms with Gasteiger partial charge >= 0.3 is 0 Å². The number of benzene rings is 1. The molecule has 2 N–H and O–H groups in total. The van der Waals surface area contributed by atoms with Gasteiger partial charge in [-0.25, -0.2) is 0 Å². The van der Waals surface area contributed by atoms with Crippen LogP contribution in [0.3, 0.4) is 0 Å². The molecule has 4 heteroatoms. The van der Waals surface area contributed by atoms with E-state index in [4.69, 9.17) is 4.74 Å². The van der Waals surface area contributed by atoms with E-state index in [9.17, 15) is 4.79 Å². The third kappa shape index (κ3) is 4.04. The number of Topliss-reactive ketones (excluding diaryl/α,β-unsaturated/α-hetero) is 1. The van der Waals surface area contributed by atoms with Crippen molar-refractivity contribution in [2.75, 3.05) is 38.7 Å². The second-order valence-corrected chi connectivity index (χ2v) is 4.85. The Hall–Kier alpha value is -1.39. The van der Waals surface area contributed by atoms with Gasteiger partial charge in [0.25, 0.3) is 0 Å². The molecule has 0 bridgehead atoms. The number of ketones is 1. The quantitative estimate of drug-likeness (QED) is 0.581. The van der Waals surface area contributed by atoms with Crippen molar-refractivity contribution in [1.82, 2.24) is 5.32 Å². The summed E-state index contributed by atoms with van der Waals surface area (Å²) < 4.78 is 4.96. The molecule has 0 aromatic heterocycles. The van der Waals surface area contributed by atoms with Crippen molar-refractivity contribution < 1.29 is 9.53 Å². The molecule has 104 valence electrons. The lowest BCUT2D eigenvalue weighted by Crippen LogP contribution is -2.25. The van der Waals surface area contributed by atoms with Crippen LogP contribution < -0.4 is 10.6 Å². The Morgan fingerprint density at radius 3 is 3.21 bits per heavy atom. The molecule has 0 saturated heterocycles. The summed E-state index contributed by atoms with van der Waals surface area (Å²) in [5, 5.41) is 6.51. The molecule has 0 atom stereocenters. The highest BCUT2D eigenvalue weighted by Gasteiger charge is 2.12. The van der Waals surface area contributed by atoms with Crippen LogP contribution in [0.5, 0.6) is 0 Å². The van der Waals surface area contributed by atoms with E-state index >= 15 is 0 Å². The van der Waals surface area contributed by atoms with Gasteiger partial charge in [-0.05, 0) is 49.6 Å². The van der Waals surface area contributed by atoms with Crippen LogP contribution in [-0.4, -0.2) is 39.1 Å². The van der Waals surface area contributed by atoms with Crippen LogP contribution in [0.4, 0.5) is 5.69 Å². The molecule has 1 heterocycles. The molecule has 1 aromatic rings. The number of hydrogen-bond donors (Lipinski definition) is 2. The maximum Gasteiger partial charge on any atom is 0.176 e. The zero-order valence-electron chi connectivity index (χ0n) is 11.5. The Labute approximate surface area is 114 Å². The molecule has 0 aliphatic carbocycles. The molecule has 0 saturated carbocycles. The first-order valence-electron chi connectivity index (χ1n) is 6.91. The first kappa shape index (κ1) is 14.0. The van der Waals surface area contributed by atoms with Gasteiger partial charge in [0, 0.05) is 31.5 Å². The van der Waals surface area contributed by atoms with Gasteiger partial charge in [-0.3, -0.25) is 4.79 Å². The summed E-state index contributed by atoms with van der Waals surface area (Å²) >= 11 is 0. The van der Waals surface area contributed by atoms with E-state index in [0.717, 1.165) is 44.5 Å². The molecule has 1 aromatic carbocycles. The summed E-state index contributed by atoms with van der Waals surface area (Å²) in [7, 11) is 1.69. The molecular formula is C15H22N2O2. The zero-order chi connectivity index (χ0) is 13.5. The number of nitrogens with one attached hydrogen (secondary N) is 2. The largest absolute Gasteiger partial charge is 0.385 e. The van der Waals surface area contributed by atoms with E-state index in [2.05, 4.69) is 10.6 Å². The smallest absolute Gasteiger partial charge is 0.176 e. The predicted octanol–water partition coefficient (Wildman–Crippen LogP) is 1.85. The van der Waals surface area contributed by atoms with Crippen molar-refractivity contribution in [2.45, 2.75) is 19.3 Å². The van der Waals surface area contributed by atoms with Crippen LogP contribution in [-0.2, 0) is 11.2 Å². The van der Waals surface area contributed by atoms with Crippen molar-refractivity contribution in [3.63, 3.8) is 0 Å². The average Bonchev–Trinajstić information content (AvgIpc) is 2.46. The van der Waals surface area contributed by atoms with E-state index in [1.807, 2.05) is 18.2 Å². The molecule has 4 nitrogen and oxygen atoms in total. The van der Waals surface area contributed by atoms with Gasteiger partial charge < -0.3 is 15.4 Å². The van der Waals surface area contributed by atoms with Crippen molar-refractivity contribution >= 4 is 11.5 Å². The Kier molecular flexibility index (Phi) is 5.36. The topological polar surface area (TPSA) is 50.4 Å². The Morgan fingerprint density at radius 1 is 1.47 bits per heavy atom. The second-order valence-electron chi connectivity index (χ2n) is 4.85. The van der Waals surface area contributed by atoms with Crippen LogP contribution in [0.15, 0.2) is 18.2 Å². The van der Waals surface area contributed by atoms with E-state index < -0.39 is 0 Å². The molecule has 1 aliphatic heterocycles. The van der Waals surface area contributed by atoms with Crippen LogP contribution in [0.2, 0.25) is 0 Å². The summed E-state index contributed by atoms with van der Waals surface area (Å²) in [4.78, 5) is 12.0. The van der Waals surface area contributed by atoms with Crippen LogP contribution in [0.1, 0.15) is 28.8 Å². The summed E-state index contributed by atoms with van der Waals surface area (Å²) in [6.45, 7) is 2.97. The number of methoxy groups -OCH3 is 1. The third-order valence-electron chi connectivity index (χ3n) is 3.35. The van der Waals surface area contributed by atoms with Gasteiger partial charge in [0.15, 0.2) is 5.78 Å². The maximum absolute atomic E-state index is 12.0. The first-order chi connectivity index (χ1) is 9.31. The van der Waals surface area contributed by atoms with Gasteiger partial charge in [-0.2, -0.15) is 0 Å². The molecule has 0 amide bonds. The zero-order valence-corrected chi connectivity index (χ0v) is 11.5. The van der Waals surface area contributed by atoms with Crippen molar-refractivity contribution in [1.29, 1.82) is 0 Å². The van der Waals surface area contributed by atoms with Gasteiger partial charge in [-0.15, -0.1) is 0 Å². The summed E-state index contributed by atoms with van der Waals surface area (Å²) in [6, 6.07) is 5.96. The minimum Gasteiger partial charge on any atom is -0.385 e. The Balaban J connectivity index is 1.85. The Bertz CT molecular complexity index is 432. The van der Waals surface area contributed by atoms with E-state index in [0.29, 0.717) is 6.54 Å². The fraction of sp³-hybridized carbons (Fsp3) is 0.533. The summed E-state index contributed by atoms with van der Waals surface area (Å²) in [5.74, 6) is 0.158. The second kappa shape index (κ2) is 7.26. The number of aryl methyl sites for hydroxylation is 1. The number of carbonyl (C=O) groups is 1. The summed E-state index contributed by atoms with van der Waals surface area (Å²) in [6.07, 6.45) is 3.13. The Morgan fingerprint density at radius 2 is 2.37 bits per heavy atom. The third-order valence-corrected chi connectivity index (χ3v) is 3.35. The van der Waals surface area contributed by atoms with Gasteiger partial charge in [0.1, 0.15) is 0 Å². The van der Waals surface area contributed by atoms with Gasteiger partial charge in [0.05, 0.1) is 6.54 Å². The van der Waals surface area contributed by atoms with Crippen molar-refractivity contribution in [3.05, 3.63) is 29.3 Å². The minimum absolute atomic E-state index is 0.158. The SMILES string of the molecule is COCCCNCC(=O)c1ccc2c(c1)CCCN2. The molecular weight excluding hydrogens is 240 g/mol. The van der Waals surface area contributed by atoms with E-state index in [1.54, 1.807) is 7.11 Å².